The summed E-state index contributed by atoms with van der Waals surface area (Å²) in [6, 6.07) is 6.32. The van der Waals surface area contributed by atoms with Crippen molar-refractivity contribution in [3.63, 3.8) is 0 Å². The quantitative estimate of drug-likeness (QED) is 0.214. The van der Waals surface area contributed by atoms with Gasteiger partial charge in [0.15, 0.2) is 0 Å². The molecule has 45 heavy (non-hydrogen) atoms. The highest BCUT2D eigenvalue weighted by molar-refractivity contribution is 7.90. The maximum absolute atomic E-state index is 13.7. The zero-order chi connectivity index (χ0) is 32.4. The molecule has 1 saturated carbocycles. The number of nitrogens with zero attached hydrogens (tertiary/aromatic N) is 6. The number of hydrogen-bond acceptors (Lipinski definition) is 9. The van der Waals surface area contributed by atoms with Crippen LogP contribution in [0.1, 0.15) is 37.7 Å². The Labute approximate surface area is 258 Å². The average Bonchev–Trinajstić information content (AvgIpc) is 3.84. The molecule has 1 saturated heterocycles. The highest BCUT2D eigenvalue weighted by Gasteiger charge is 2.26. The van der Waals surface area contributed by atoms with E-state index in [0.717, 1.165) is 36.1 Å². The van der Waals surface area contributed by atoms with Crippen molar-refractivity contribution in [2.24, 2.45) is 21.0 Å². The summed E-state index contributed by atoms with van der Waals surface area (Å²) < 4.78 is 87.6. The number of pyridine rings is 1. The normalized spacial score (nSPS) is 17.4. The third-order valence-electron chi connectivity index (χ3n) is 7.44. The summed E-state index contributed by atoms with van der Waals surface area (Å²) >= 11 is 0. The fraction of sp³-hybridized carbons (Fsp3) is 0.444. The molecule has 0 unspecified atom stereocenters. The van der Waals surface area contributed by atoms with E-state index in [9.17, 15) is 30.4 Å². The number of benzene rings is 1. The number of ether oxygens (including phenoxy) is 1. The van der Waals surface area contributed by atoms with Gasteiger partial charge in [0.2, 0.25) is 16.0 Å². The van der Waals surface area contributed by atoms with Gasteiger partial charge in [0.05, 0.1) is 23.3 Å². The molecule has 0 bridgehead atoms. The Morgan fingerprint density at radius 2 is 1.84 bits per heavy atom. The molecule has 2 fully saturated rings. The predicted octanol–water partition coefficient (Wildman–Crippen LogP) is 2.13. The van der Waals surface area contributed by atoms with E-state index in [1.165, 1.54) is 34.8 Å². The lowest BCUT2D eigenvalue weighted by molar-refractivity contribution is 0.149. The molecule has 3 aromatic rings. The number of halogens is 2. The van der Waals surface area contributed by atoms with Crippen LogP contribution in [0.15, 0.2) is 55.6 Å². The van der Waals surface area contributed by atoms with Gasteiger partial charge in [-0.2, -0.15) is 13.4 Å². The molecule has 14 nitrogen and oxygen atoms in total. The topological polar surface area (TPSA) is 191 Å². The lowest BCUT2D eigenvalue weighted by atomic mass is 10.1. The van der Waals surface area contributed by atoms with Gasteiger partial charge in [-0.1, -0.05) is 0 Å². The number of alkyl halides is 2. The minimum absolute atomic E-state index is 0.100. The molecule has 1 aliphatic carbocycles. The molecular formula is C27H32F2N8O6S2. The number of piperidine rings is 1. The van der Waals surface area contributed by atoms with E-state index < -0.39 is 37.6 Å². The fourth-order valence-electron chi connectivity index (χ4n) is 4.79. The lowest BCUT2D eigenvalue weighted by Gasteiger charge is -2.30. The number of anilines is 1. The maximum Gasteiger partial charge on any atom is 0.283 e. The van der Waals surface area contributed by atoms with Crippen molar-refractivity contribution in [1.82, 2.24) is 18.8 Å². The van der Waals surface area contributed by atoms with Crippen LogP contribution >= 0.6 is 0 Å². The first kappa shape index (κ1) is 32.4. The van der Waals surface area contributed by atoms with Gasteiger partial charge >= 0.3 is 0 Å². The van der Waals surface area contributed by atoms with E-state index in [1.54, 1.807) is 0 Å². The molecule has 1 aliphatic heterocycles. The number of sulfonamides is 2. The number of rotatable bonds is 12. The number of aromatic nitrogens is 3. The molecular weight excluding hydrogens is 634 g/mol. The van der Waals surface area contributed by atoms with Crippen LogP contribution in [0.25, 0.3) is 11.0 Å². The first-order chi connectivity index (χ1) is 21.3. The Morgan fingerprint density at radius 1 is 1.16 bits per heavy atom. The Hall–Kier alpha value is -4.03. The first-order valence-electron chi connectivity index (χ1n) is 14.1. The van der Waals surface area contributed by atoms with Gasteiger partial charge in [-0.05, 0) is 56.0 Å². The van der Waals surface area contributed by atoms with Gasteiger partial charge in [-0.15, -0.1) is 4.40 Å². The number of fused-ring (bicyclic) bond motifs is 1. The van der Waals surface area contributed by atoms with Crippen molar-refractivity contribution >= 4 is 49.2 Å². The van der Waals surface area contributed by atoms with Crippen LogP contribution in [0.4, 0.5) is 14.7 Å². The van der Waals surface area contributed by atoms with E-state index in [2.05, 4.69) is 24.7 Å². The van der Waals surface area contributed by atoms with Crippen LogP contribution < -0.4 is 21.3 Å². The zero-order valence-electron chi connectivity index (χ0n) is 24.2. The second kappa shape index (κ2) is 13.1. The second-order valence-corrected chi connectivity index (χ2v) is 14.4. The Morgan fingerprint density at radius 3 is 2.47 bits per heavy atom. The van der Waals surface area contributed by atoms with Gasteiger partial charge in [-0.3, -0.25) is 9.36 Å². The van der Waals surface area contributed by atoms with E-state index in [4.69, 9.17) is 10.5 Å². The summed E-state index contributed by atoms with van der Waals surface area (Å²) in [5.74, 6) is 0.954. The van der Waals surface area contributed by atoms with Crippen molar-refractivity contribution in [3.05, 3.63) is 52.4 Å². The molecule has 0 spiro atoms. The summed E-state index contributed by atoms with van der Waals surface area (Å²) in [4.78, 5) is 25.4. The highest BCUT2D eigenvalue weighted by Crippen LogP contribution is 2.28. The zero-order valence-corrected chi connectivity index (χ0v) is 25.8. The lowest BCUT2D eigenvalue weighted by Crippen LogP contribution is -2.42. The standard InChI is InChI=1S/C27H32F2N8O6S2/c1-44(39,40)36-10-8-19(9-11-36)34-27-31-15-18-14-22(23(28)29)26(38)37(25(18)35-27)12-13-43-20-4-6-21(7-5-20)45(41,42)33-16-32-24(30)17-2-3-17/h4-7,14-17,19,23H,2-3,8-13H2,1H3,(H2,30,32,33)(H,31,34,35). The fourth-order valence-corrected chi connectivity index (χ4v) is 6.44. The molecule has 242 valence electrons. The summed E-state index contributed by atoms with van der Waals surface area (Å²) in [6.45, 7) is 0.379. The number of amidine groups is 1. The third-order valence-corrected chi connectivity index (χ3v) is 9.98. The average molecular weight is 667 g/mol. The smallest absolute Gasteiger partial charge is 0.283 e. The minimum Gasteiger partial charge on any atom is -0.492 e. The van der Waals surface area contributed by atoms with Crippen LogP contribution in [0.5, 0.6) is 5.75 Å². The summed E-state index contributed by atoms with van der Waals surface area (Å²) in [5.41, 5.74) is 4.21. The summed E-state index contributed by atoms with van der Waals surface area (Å²) in [6.07, 6.45) is 3.23. The Balaban J connectivity index is 1.28. The highest BCUT2D eigenvalue weighted by atomic mass is 32.2. The predicted molar refractivity (Wildman–Crippen MR) is 164 cm³/mol. The van der Waals surface area contributed by atoms with Crippen molar-refractivity contribution in [2.75, 3.05) is 31.3 Å². The molecule has 18 heteroatoms. The van der Waals surface area contributed by atoms with Crippen molar-refractivity contribution < 1.29 is 30.4 Å². The largest absolute Gasteiger partial charge is 0.492 e. The molecule has 0 radical (unpaired) electrons. The summed E-state index contributed by atoms with van der Waals surface area (Å²) in [7, 11) is -7.32. The molecule has 0 amide bonds. The van der Waals surface area contributed by atoms with Gasteiger partial charge in [0.1, 0.15) is 30.2 Å². The molecule has 2 aromatic heterocycles. The van der Waals surface area contributed by atoms with E-state index in [1.807, 2.05) is 0 Å². The SMILES string of the molecule is CS(=O)(=O)N1CCC(Nc2ncc3cc(C(F)F)c(=O)n(CCOc4ccc(S(=O)(=O)/N=C/N=C(N)C5CC5)cc4)c3n2)CC1. The van der Waals surface area contributed by atoms with E-state index in [0.29, 0.717) is 31.8 Å². The van der Waals surface area contributed by atoms with Crippen LogP contribution in [0.3, 0.4) is 0 Å². The van der Waals surface area contributed by atoms with Crippen LogP contribution in [-0.4, -0.2) is 79.8 Å². The van der Waals surface area contributed by atoms with Crippen molar-refractivity contribution in [1.29, 1.82) is 0 Å². The Bertz CT molecular complexity index is 1890. The second-order valence-electron chi connectivity index (χ2n) is 10.8. The van der Waals surface area contributed by atoms with Crippen LogP contribution in [0.2, 0.25) is 0 Å². The van der Waals surface area contributed by atoms with Crippen molar-refractivity contribution in [3.8, 4) is 5.75 Å². The first-order valence-corrected chi connectivity index (χ1v) is 17.4. The monoisotopic (exact) mass is 666 g/mol. The molecule has 3 N–H and O–H groups in total. The molecule has 2 aliphatic rings. The summed E-state index contributed by atoms with van der Waals surface area (Å²) in [5, 5.41) is 3.37. The number of hydrogen-bond donors (Lipinski definition) is 2. The van der Waals surface area contributed by atoms with Gasteiger partial charge in [-0.25, -0.2) is 31.5 Å². The molecule has 5 rings (SSSR count). The molecule has 3 heterocycles. The van der Waals surface area contributed by atoms with Crippen molar-refractivity contribution in [2.45, 2.75) is 49.6 Å². The van der Waals surface area contributed by atoms with Gasteiger partial charge in [0.25, 0.3) is 22.0 Å². The van der Waals surface area contributed by atoms with E-state index in [-0.39, 0.29) is 52.7 Å². The van der Waals surface area contributed by atoms with Gasteiger partial charge < -0.3 is 15.8 Å². The van der Waals surface area contributed by atoms with Crippen LogP contribution in [0, 0.1) is 5.92 Å². The maximum atomic E-state index is 13.7. The van der Waals surface area contributed by atoms with Gasteiger partial charge in [0, 0.05) is 36.6 Å². The van der Waals surface area contributed by atoms with E-state index >= 15 is 0 Å². The molecule has 0 atom stereocenters. The number of nitrogens with two attached hydrogens (primary N) is 1. The number of aliphatic imine (C=N–C) groups is 1. The molecule has 1 aromatic carbocycles. The third kappa shape index (κ3) is 7.98. The Kier molecular flexibility index (Phi) is 9.45. The minimum atomic E-state index is -4.02. The number of nitrogens with one attached hydrogen (secondary N) is 1. The van der Waals surface area contributed by atoms with Crippen LogP contribution in [-0.2, 0) is 26.6 Å².